The van der Waals surface area contributed by atoms with Gasteiger partial charge in [0, 0.05) is 18.5 Å². The standard InChI is InChI=1S/C12H19N7OS/c1-4-5-19-11(20)17-18-12(19)21-9-6-8(16-13)14-10(15-9)7(2)3/h6-7H,4-5,13H2,1-3H3,(H,17,20)(H,14,15,16). The van der Waals surface area contributed by atoms with E-state index in [2.05, 4.69) is 25.6 Å². The molecule has 21 heavy (non-hydrogen) atoms. The Morgan fingerprint density at radius 2 is 2.24 bits per heavy atom. The molecule has 0 saturated carbocycles. The van der Waals surface area contributed by atoms with Crippen LogP contribution >= 0.6 is 11.8 Å². The lowest BCUT2D eigenvalue weighted by Gasteiger charge is -2.09. The highest BCUT2D eigenvalue weighted by Gasteiger charge is 2.13. The number of nitrogens with two attached hydrogens (primary N) is 1. The fourth-order valence-electron chi connectivity index (χ4n) is 1.72. The lowest BCUT2D eigenvalue weighted by molar-refractivity contribution is 0.603. The molecule has 0 fully saturated rings. The Morgan fingerprint density at radius 1 is 1.48 bits per heavy atom. The smallest absolute Gasteiger partial charge is 0.308 e. The van der Waals surface area contributed by atoms with Gasteiger partial charge in [0.05, 0.1) is 0 Å². The van der Waals surface area contributed by atoms with Crippen molar-refractivity contribution in [2.45, 2.75) is 49.8 Å². The van der Waals surface area contributed by atoms with Crippen molar-refractivity contribution in [2.75, 3.05) is 5.43 Å². The molecule has 0 bridgehead atoms. The van der Waals surface area contributed by atoms with E-state index in [1.54, 1.807) is 10.6 Å². The lowest BCUT2D eigenvalue weighted by atomic mass is 10.2. The summed E-state index contributed by atoms with van der Waals surface area (Å²) in [6, 6.07) is 1.73. The van der Waals surface area contributed by atoms with Gasteiger partial charge < -0.3 is 5.43 Å². The quantitative estimate of drug-likeness (QED) is 0.419. The van der Waals surface area contributed by atoms with E-state index in [4.69, 9.17) is 5.84 Å². The molecule has 0 atom stereocenters. The molecule has 2 rings (SSSR count). The maximum Gasteiger partial charge on any atom is 0.343 e. The third-order valence-corrected chi connectivity index (χ3v) is 3.66. The number of rotatable bonds is 6. The van der Waals surface area contributed by atoms with Crippen LogP contribution in [0.25, 0.3) is 0 Å². The minimum atomic E-state index is -0.213. The summed E-state index contributed by atoms with van der Waals surface area (Å²) >= 11 is 1.31. The largest absolute Gasteiger partial charge is 0.343 e. The molecule has 0 radical (unpaired) electrons. The zero-order valence-corrected chi connectivity index (χ0v) is 13.1. The molecule has 2 heterocycles. The van der Waals surface area contributed by atoms with Crippen LogP contribution in [0, 0.1) is 0 Å². The van der Waals surface area contributed by atoms with Crippen LogP contribution in [-0.4, -0.2) is 24.7 Å². The third kappa shape index (κ3) is 3.61. The summed E-state index contributed by atoms with van der Waals surface area (Å²) in [7, 11) is 0. The Bertz CT molecular complexity index is 664. The summed E-state index contributed by atoms with van der Waals surface area (Å²) in [5.41, 5.74) is 2.32. The van der Waals surface area contributed by atoms with Gasteiger partial charge in [-0.1, -0.05) is 20.8 Å². The first-order valence-corrected chi connectivity index (χ1v) is 7.55. The molecule has 0 aliphatic carbocycles. The van der Waals surface area contributed by atoms with E-state index in [1.165, 1.54) is 11.8 Å². The molecule has 2 aromatic heterocycles. The molecule has 114 valence electrons. The summed E-state index contributed by atoms with van der Waals surface area (Å²) in [5.74, 6) is 6.84. The molecule has 8 nitrogen and oxygen atoms in total. The van der Waals surface area contributed by atoms with Gasteiger partial charge in [0.15, 0.2) is 5.16 Å². The van der Waals surface area contributed by atoms with Crippen LogP contribution in [0.5, 0.6) is 0 Å². The van der Waals surface area contributed by atoms with Crippen molar-refractivity contribution in [2.24, 2.45) is 5.84 Å². The van der Waals surface area contributed by atoms with Gasteiger partial charge in [0.1, 0.15) is 16.7 Å². The Labute approximate surface area is 126 Å². The Morgan fingerprint density at radius 3 is 2.86 bits per heavy atom. The number of aromatic amines is 1. The summed E-state index contributed by atoms with van der Waals surface area (Å²) in [6.45, 7) is 6.63. The lowest BCUT2D eigenvalue weighted by Crippen LogP contribution is -2.17. The van der Waals surface area contributed by atoms with E-state index in [1.807, 2.05) is 20.8 Å². The van der Waals surface area contributed by atoms with Crippen molar-refractivity contribution in [3.05, 3.63) is 22.4 Å². The zero-order chi connectivity index (χ0) is 15.4. The normalized spacial score (nSPS) is 11.1. The predicted molar refractivity (Wildman–Crippen MR) is 81.2 cm³/mol. The zero-order valence-electron chi connectivity index (χ0n) is 12.3. The number of hydrazine groups is 1. The molecule has 0 unspecified atom stereocenters. The molecule has 0 aromatic carbocycles. The fourth-order valence-corrected chi connectivity index (χ4v) is 2.60. The molecular weight excluding hydrogens is 290 g/mol. The average molecular weight is 309 g/mol. The monoisotopic (exact) mass is 309 g/mol. The van der Waals surface area contributed by atoms with Crippen molar-refractivity contribution in [3.63, 3.8) is 0 Å². The number of hydrogen-bond acceptors (Lipinski definition) is 7. The van der Waals surface area contributed by atoms with Gasteiger partial charge in [-0.2, -0.15) is 0 Å². The Kier molecular flexibility index (Phi) is 4.97. The van der Waals surface area contributed by atoms with Crippen LogP contribution in [0.1, 0.15) is 38.9 Å². The molecule has 0 aliphatic rings. The average Bonchev–Trinajstić information content (AvgIpc) is 2.80. The van der Waals surface area contributed by atoms with Crippen molar-refractivity contribution in [1.82, 2.24) is 24.7 Å². The molecule has 0 spiro atoms. The number of hydrogen-bond donors (Lipinski definition) is 3. The highest BCUT2D eigenvalue weighted by atomic mass is 32.2. The minimum absolute atomic E-state index is 0.176. The molecule has 0 aliphatic heterocycles. The van der Waals surface area contributed by atoms with E-state index < -0.39 is 0 Å². The number of nitrogen functional groups attached to an aromatic ring is 1. The van der Waals surface area contributed by atoms with E-state index in [9.17, 15) is 4.79 Å². The van der Waals surface area contributed by atoms with Crippen molar-refractivity contribution < 1.29 is 0 Å². The highest BCUT2D eigenvalue weighted by molar-refractivity contribution is 7.99. The maximum atomic E-state index is 11.7. The Hall–Kier alpha value is -1.87. The first kappa shape index (κ1) is 15.5. The van der Waals surface area contributed by atoms with Gasteiger partial charge in [0.2, 0.25) is 0 Å². The van der Waals surface area contributed by atoms with Gasteiger partial charge in [-0.05, 0) is 18.2 Å². The molecular formula is C12H19N7OS. The van der Waals surface area contributed by atoms with E-state index >= 15 is 0 Å². The molecule has 2 aromatic rings. The number of aromatic nitrogens is 5. The second-order valence-electron chi connectivity index (χ2n) is 4.81. The summed E-state index contributed by atoms with van der Waals surface area (Å²) < 4.78 is 1.59. The van der Waals surface area contributed by atoms with Gasteiger partial charge in [-0.3, -0.25) is 4.57 Å². The van der Waals surface area contributed by atoms with E-state index in [0.717, 1.165) is 6.42 Å². The van der Waals surface area contributed by atoms with E-state index in [-0.39, 0.29) is 11.6 Å². The van der Waals surface area contributed by atoms with Gasteiger partial charge in [-0.15, -0.1) is 5.10 Å². The highest BCUT2D eigenvalue weighted by Crippen LogP contribution is 2.26. The third-order valence-electron chi connectivity index (χ3n) is 2.75. The summed E-state index contributed by atoms with van der Waals surface area (Å²) in [4.78, 5) is 20.5. The van der Waals surface area contributed by atoms with Crippen LogP contribution in [0.4, 0.5) is 5.82 Å². The van der Waals surface area contributed by atoms with Crippen LogP contribution in [0.15, 0.2) is 21.0 Å². The van der Waals surface area contributed by atoms with Crippen molar-refractivity contribution >= 4 is 17.6 Å². The number of nitrogens with zero attached hydrogens (tertiary/aromatic N) is 4. The number of anilines is 1. The van der Waals surface area contributed by atoms with Gasteiger partial charge >= 0.3 is 5.69 Å². The topological polar surface area (TPSA) is 115 Å². The molecule has 0 saturated heterocycles. The van der Waals surface area contributed by atoms with E-state index in [0.29, 0.717) is 28.4 Å². The second-order valence-corrected chi connectivity index (χ2v) is 5.80. The van der Waals surface area contributed by atoms with Crippen LogP contribution in [0.2, 0.25) is 0 Å². The molecule has 4 N–H and O–H groups in total. The minimum Gasteiger partial charge on any atom is -0.308 e. The van der Waals surface area contributed by atoms with Gasteiger partial charge in [-0.25, -0.2) is 25.7 Å². The number of nitrogens with one attached hydrogen (secondary N) is 2. The summed E-state index contributed by atoms with van der Waals surface area (Å²) in [5, 5.41) is 7.77. The van der Waals surface area contributed by atoms with Crippen LogP contribution in [-0.2, 0) is 6.54 Å². The predicted octanol–water partition coefficient (Wildman–Crippen LogP) is 1.33. The van der Waals surface area contributed by atoms with Crippen LogP contribution in [0.3, 0.4) is 0 Å². The second kappa shape index (κ2) is 6.72. The van der Waals surface area contributed by atoms with Crippen LogP contribution < -0.4 is 17.0 Å². The summed E-state index contributed by atoms with van der Waals surface area (Å²) in [6.07, 6.45) is 0.851. The first-order valence-electron chi connectivity index (χ1n) is 6.73. The SMILES string of the molecule is CCCn1c(Sc2cc(NN)nc(C(C)C)n2)n[nH]c1=O. The first-order chi connectivity index (χ1) is 10.0. The van der Waals surface area contributed by atoms with Crippen molar-refractivity contribution in [1.29, 1.82) is 0 Å². The maximum absolute atomic E-state index is 11.7. The van der Waals surface area contributed by atoms with Crippen molar-refractivity contribution in [3.8, 4) is 0 Å². The Balaban J connectivity index is 2.35. The molecule has 9 heteroatoms. The molecule has 0 amide bonds. The van der Waals surface area contributed by atoms with Gasteiger partial charge in [0.25, 0.3) is 0 Å². The number of H-pyrrole nitrogens is 1. The fraction of sp³-hybridized carbons (Fsp3) is 0.500.